The molecule has 0 saturated carbocycles. The van der Waals surface area contributed by atoms with E-state index < -0.39 is 5.54 Å². The van der Waals surface area contributed by atoms with E-state index in [1.165, 1.54) is 38.8 Å². The van der Waals surface area contributed by atoms with Crippen LogP contribution in [0.25, 0.3) is 0 Å². The van der Waals surface area contributed by atoms with Crippen LogP contribution in [0.5, 0.6) is 0 Å². The SMILES string of the molecule is CCC(CC)C(CNC(=O)C(C)(C)N)N1CCCC1.Cl.Cl. The fourth-order valence-electron chi connectivity index (χ4n) is 2.93. The lowest BCUT2D eigenvalue weighted by Gasteiger charge is -2.34. The fourth-order valence-corrected chi connectivity index (χ4v) is 2.93. The van der Waals surface area contributed by atoms with Gasteiger partial charge in [0.2, 0.25) is 5.91 Å². The molecule has 1 fully saturated rings. The van der Waals surface area contributed by atoms with E-state index in [0.29, 0.717) is 12.0 Å². The zero-order chi connectivity index (χ0) is 14.5. The van der Waals surface area contributed by atoms with Crippen molar-refractivity contribution >= 4 is 30.7 Å². The molecular formula is C15H33Cl2N3O. The van der Waals surface area contributed by atoms with Crippen LogP contribution in [0.1, 0.15) is 53.4 Å². The van der Waals surface area contributed by atoms with Crippen LogP contribution >= 0.6 is 24.8 Å². The number of nitrogens with one attached hydrogen (secondary N) is 1. The van der Waals surface area contributed by atoms with Crippen LogP contribution in [-0.2, 0) is 4.79 Å². The molecule has 1 saturated heterocycles. The number of carbonyl (C=O) groups is 1. The standard InChI is InChI=1S/C15H31N3O.2ClH/c1-5-12(6-2)13(18-9-7-8-10-18)11-17-14(19)15(3,4)16;;/h12-13H,5-11,16H2,1-4H3,(H,17,19);2*1H. The van der Waals surface area contributed by atoms with Gasteiger partial charge in [0.25, 0.3) is 0 Å². The molecule has 128 valence electrons. The molecule has 0 radical (unpaired) electrons. The molecule has 1 heterocycles. The smallest absolute Gasteiger partial charge is 0.239 e. The maximum Gasteiger partial charge on any atom is 0.239 e. The summed E-state index contributed by atoms with van der Waals surface area (Å²) in [5.41, 5.74) is 5.05. The van der Waals surface area contributed by atoms with E-state index in [0.717, 1.165) is 6.54 Å². The van der Waals surface area contributed by atoms with Crippen molar-refractivity contribution in [1.29, 1.82) is 0 Å². The maximum absolute atomic E-state index is 11.9. The van der Waals surface area contributed by atoms with Crippen LogP contribution in [0.2, 0.25) is 0 Å². The molecule has 0 spiro atoms. The number of nitrogens with two attached hydrogens (primary N) is 1. The average Bonchev–Trinajstić information content (AvgIpc) is 2.86. The van der Waals surface area contributed by atoms with Gasteiger partial charge in [-0.05, 0) is 45.7 Å². The van der Waals surface area contributed by atoms with Crippen molar-refractivity contribution in [2.24, 2.45) is 11.7 Å². The molecule has 0 aromatic carbocycles. The normalized spacial score (nSPS) is 17.0. The molecule has 1 aliphatic rings. The van der Waals surface area contributed by atoms with Gasteiger partial charge in [0.05, 0.1) is 5.54 Å². The molecule has 0 bridgehead atoms. The van der Waals surface area contributed by atoms with Crippen molar-refractivity contribution in [2.45, 2.75) is 65.0 Å². The van der Waals surface area contributed by atoms with Crippen molar-refractivity contribution in [3.8, 4) is 0 Å². The molecule has 3 N–H and O–H groups in total. The number of halogens is 2. The summed E-state index contributed by atoms with van der Waals surface area (Å²) in [5.74, 6) is 0.599. The Bertz CT molecular complexity index is 283. The highest BCUT2D eigenvalue weighted by molar-refractivity contribution is 5.85. The summed E-state index contributed by atoms with van der Waals surface area (Å²) < 4.78 is 0. The second-order valence-electron chi connectivity index (χ2n) is 6.32. The zero-order valence-corrected chi connectivity index (χ0v) is 15.5. The Hall–Kier alpha value is -0.0300. The lowest BCUT2D eigenvalue weighted by atomic mass is 9.92. The summed E-state index contributed by atoms with van der Waals surface area (Å²) >= 11 is 0. The van der Waals surface area contributed by atoms with Crippen molar-refractivity contribution in [3.05, 3.63) is 0 Å². The van der Waals surface area contributed by atoms with Crippen molar-refractivity contribution < 1.29 is 4.79 Å². The van der Waals surface area contributed by atoms with Crippen LogP contribution in [0.3, 0.4) is 0 Å². The van der Waals surface area contributed by atoms with Gasteiger partial charge in [-0.2, -0.15) is 0 Å². The first-order chi connectivity index (χ1) is 8.90. The van der Waals surface area contributed by atoms with Crippen molar-refractivity contribution in [3.63, 3.8) is 0 Å². The Morgan fingerprint density at radius 2 is 1.67 bits per heavy atom. The predicted octanol–water partition coefficient (Wildman–Crippen LogP) is 2.58. The predicted molar refractivity (Wildman–Crippen MR) is 94.4 cm³/mol. The Balaban J connectivity index is 0. The molecular weight excluding hydrogens is 309 g/mol. The van der Waals surface area contributed by atoms with Gasteiger partial charge in [0.1, 0.15) is 0 Å². The minimum atomic E-state index is -0.788. The molecule has 1 rings (SSSR count). The van der Waals surface area contributed by atoms with E-state index in [4.69, 9.17) is 5.73 Å². The van der Waals surface area contributed by atoms with E-state index in [-0.39, 0.29) is 30.7 Å². The quantitative estimate of drug-likeness (QED) is 0.748. The van der Waals surface area contributed by atoms with Crippen LogP contribution in [-0.4, -0.2) is 42.0 Å². The minimum Gasteiger partial charge on any atom is -0.353 e. The van der Waals surface area contributed by atoms with Gasteiger partial charge >= 0.3 is 0 Å². The average molecular weight is 342 g/mol. The van der Waals surface area contributed by atoms with Gasteiger partial charge < -0.3 is 11.1 Å². The third kappa shape index (κ3) is 7.18. The number of amides is 1. The first-order valence-electron chi connectivity index (χ1n) is 7.71. The van der Waals surface area contributed by atoms with E-state index >= 15 is 0 Å². The monoisotopic (exact) mass is 341 g/mol. The number of likely N-dealkylation sites (tertiary alicyclic amines) is 1. The third-order valence-electron chi connectivity index (χ3n) is 4.26. The van der Waals surface area contributed by atoms with Gasteiger partial charge in [-0.25, -0.2) is 0 Å². The number of nitrogens with zero attached hydrogens (tertiary/aromatic N) is 1. The Morgan fingerprint density at radius 3 is 2.05 bits per heavy atom. The molecule has 21 heavy (non-hydrogen) atoms. The lowest BCUT2D eigenvalue weighted by molar-refractivity contribution is -0.125. The molecule has 6 heteroatoms. The topological polar surface area (TPSA) is 58.4 Å². The fraction of sp³-hybridized carbons (Fsp3) is 0.933. The Kier molecular flexibility index (Phi) is 11.8. The summed E-state index contributed by atoms with van der Waals surface area (Å²) in [4.78, 5) is 14.5. The zero-order valence-electron chi connectivity index (χ0n) is 13.9. The summed E-state index contributed by atoms with van der Waals surface area (Å²) in [6.45, 7) is 11.1. The Labute approximate surface area is 142 Å². The highest BCUT2D eigenvalue weighted by atomic mass is 35.5. The molecule has 0 aliphatic carbocycles. The first-order valence-corrected chi connectivity index (χ1v) is 7.71. The van der Waals surface area contributed by atoms with Crippen molar-refractivity contribution in [2.75, 3.05) is 19.6 Å². The second-order valence-corrected chi connectivity index (χ2v) is 6.32. The molecule has 0 aromatic rings. The summed E-state index contributed by atoms with van der Waals surface area (Å²) in [6, 6.07) is 0.462. The molecule has 1 aliphatic heterocycles. The van der Waals surface area contributed by atoms with Gasteiger partial charge in [-0.3, -0.25) is 9.69 Å². The molecule has 4 nitrogen and oxygen atoms in total. The van der Waals surface area contributed by atoms with Crippen LogP contribution in [0.4, 0.5) is 0 Å². The summed E-state index contributed by atoms with van der Waals surface area (Å²) in [7, 11) is 0. The van der Waals surface area contributed by atoms with Gasteiger partial charge in [0.15, 0.2) is 0 Å². The van der Waals surface area contributed by atoms with E-state index in [1.807, 2.05) is 0 Å². The summed E-state index contributed by atoms with van der Waals surface area (Å²) in [5, 5.41) is 3.04. The molecule has 1 atom stereocenters. The van der Waals surface area contributed by atoms with Gasteiger partial charge in [0, 0.05) is 12.6 Å². The summed E-state index contributed by atoms with van der Waals surface area (Å²) in [6.07, 6.45) is 4.90. The number of rotatable bonds is 7. The van der Waals surface area contributed by atoms with Crippen molar-refractivity contribution in [1.82, 2.24) is 10.2 Å². The number of hydrogen-bond donors (Lipinski definition) is 2. The first kappa shape index (κ1) is 23.2. The van der Waals surface area contributed by atoms with Crippen LogP contribution in [0.15, 0.2) is 0 Å². The highest BCUT2D eigenvalue weighted by Gasteiger charge is 2.29. The van der Waals surface area contributed by atoms with Gasteiger partial charge in [-0.1, -0.05) is 26.7 Å². The number of carbonyl (C=O) groups excluding carboxylic acids is 1. The highest BCUT2D eigenvalue weighted by Crippen LogP contribution is 2.22. The second kappa shape index (κ2) is 10.7. The molecule has 1 amide bonds. The van der Waals surface area contributed by atoms with E-state index in [1.54, 1.807) is 13.8 Å². The Morgan fingerprint density at radius 1 is 1.19 bits per heavy atom. The molecule has 1 unspecified atom stereocenters. The number of hydrogen-bond acceptors (Lipinski definition) is 3. The van der Waals surface area contributed by atoms with E-state index in [2.05, 4.69) is 24.1 Å². The van der Waals surface area contributed by atoms with E-state index in [9.17, 15) is 4.79 Å². The minimum absolute atomic E-state index is 0. The van der Waals surface area contributed by atoms with Gasteiger partial charge in [-0.15, -0.1) is 24.8 Å². The van der Waals surface area contributed by atoms with Crippen LogP contribution < -0.4 is 11.1 Å². The van der Waals surface area contributed by atoms with Crippen LogP contribution in [0, 0.1) is 5.92 Å². The largest absolute Gasteiger partial charge is 0.353 e. The molecule has 0 aromatic heterocycles. The maximum atomic E-state index is 11.9. The third-order valence-corrected chi connectivity index (χ3v) is 4.26. The lowest BCUT2D eigenvalue weighted by Crippen LogP contribution is -2.54.